The van der Waals surface area contributed by atoms with Crippen molar-refractivity contribution in [3.05, 3.63) is 59.7 Å². The average Bonchev–Trinajstić information content (AvgIpc) is 3.28. The van der Waals surface area contributed by atoms with E-state index in [1.807, 2.05) is 30.5 Å². The van der Waals surface area contributed by atoms with E-state index in [0.717, 1.165) is 17.3 Å². The number of hydrogen-bond donors (Lipinski definition) is 1. The lowest BCUT2D eigenvalue weighted by Gasteiger charge is -2.09. The van der Waals surface area contributed by atoms with Gasteiger partial charge in [-0.1, -0.05) is 30.0 Å². The molecule has 32 heavy (non-hydrogen) atoms. The topological polar surface area (TPSA) is 106 Å². The van der Waals surface area contributed by atoms with Gasteiger partial charge in [0.15, 0.2) is 0 Å². The summed E-state index contributed by atoms with van der Waals surface area (Å²) in [5, 5.41) is 12.9. The molecule has 1 amide bonds. The highest BCUT2D eigenvalue weighted by Crippen LogP contribution is 2.20. The molecule has 0 aliphatic rings. The van der Waals surface area contributed by atoms with Gasteiger partial charge in [-0.05, 0) is 42.2 Å². The maximum atomic E-state index is 12.3. The molecule has 0 radical (unpaired) electrons. The molecule has 1 aromatic heterocycles. The number of nitrogens with one attached hydrogen (secondary N) is 1. The van der Waals surface area contributed by atoms with Crippen molar-refractivity contribution in [1.82, 2.24) is 9.36 Å². The number of methoxy groups -OCH3 is 1. The minimum atomic E-state index is -0.536. The second kappa shape index (κ2) is 11.7. The van der Waals surface area contributed by atoms with Crippen molar-refractivity contribution >= 4 is 40.4 Å². The first kappa shape index (κ1) is 23.1. The van der Waals surface area contributed by atoms with Crippen LogP contribution in [0.5, 0.6) is 17.2 Å². The fourth-order valence-electron chi connectivity index (χ4n) is 2.49. The number of aromatic nitrogens is 2. The van der Waals surface area contributed by atoms with Crippen molar-refractivity contribution in [2.75, 3.05) is 31.9 Å². The Morgan fingerprint density at radius 1 is 1.16 bits per heavy atom. The number of ether oxygens (including phenoxy) is 3. The van der Waals surface area contributed by atoms with E-state index in [1.54, 1.807) is 37.4 Å². The molecule has 0 bridgehead atoms. The van der Waals surface area contributed by atoms with Crippen LogP contribution in [-0.2, 0) is 4.79 Å². The molecular formula is C22H20N4O4S2. The van der Waals surface area contributed by atoms with E-state index in [9.17, 15) is 10.1 Å². The van der Waals surface area contributed by atoms with Gasteiger partial charge in [0.05, 0.1) is 7.11 Å². The molecule has 0 spiro atoms. The highest BCUT2D eigenvalue weighted by Gasteiger charge is 2.12. The molecular weight excluding hydrogens is 448 g/mol. The minimum Gasteiger partial charge on any atom is -0.497 e. The number of rotatable bonds is 10. The summed E-state index contributed by atoms with van der Waals surface area (Å²) < 4.78 is 20.5. The van der Waals surface area contributed by atoms with Crippen molar-refractivity contribution in [3.8, 4) is 23.3 Å². The summed E-state index contributed by atoms with van der Waals surface area (Å²) in [7, 11) is 1.60. The number of benzene rings is 2. The second-order valence-electron chi connectivity index (χ2n) is 6.16. The number of carbonyl (C=O) groups is 1. The zero-order valence-corrected chi connectivity index (χ0v) is 19.0. The molecule has 0 saturated carbocycles. The Bertz CT molecular complexity index is 1120. The maximum Gasteiger partial charge on any atom is 0.268 e. The molecule has 0 aliphatic carbocycles. The third-order valence-electron chi connectivity index (χ3n) is 4.03. The van der Waals surface area contributed by atoms with Crippen LogP contribution in [-0.4, -0.2) is 41.8 Å². The number of nitriles is 1. The zero-order valence-electron chi connectivity index (χ0n) is 17.4. The molecule has 0 unspecified atom stereocenters. The second-order valence-corrected chi connectivity index (χ2v) is 7.68. The number of amides is 1. The summed E-state index contributed by atoms with van der Waals surface area (Å²) >= 11 is 2.44. The Kier molecular flexibility index (Phi) is 8.48. The zero-order chi connectivity index (χ0) is 22.8. The van der Waals surface area contributed by atoms with Gasteiger partial charge in [0.25, 0.3) is 5.91 Å². The minimum absolute atomic E-state index is 0.0359. The van der Waals surface area contributed by atoms with Crippen LogP contribution in [0.25, 0.3) is 6.08 Å². The van der Waals surface area contributed by atoms with Crippen LogP contribution in [0, 0.1) is 11.3 Å². The monoisotopic (exact) mass is 468 g/mol. The summed E-state index contributed by atoms with van der Waals surface area (Å²) in [6.45, 7) is 0.732. The van der Waals surface area contributed by atoms with Crippen molar-refractivity contribution in [2.45, 2.75) is 5.16 Å². The fraction of sp³-hybridized carbons (Fsp3) is 0.182. The van der Waals surface area contributed by atoms with E-state index >= 15 is 0 Å². The third kappa shape index (κ3) is 6.73. The fourth-order valence-corrected chi connectivity index (χ4v) is 3.61. The van der Waals surface area contributed by atoms with Crippen molar-refractivity contribution in [3.63, 3.8) is 0 Å². The molecule has 2 aromatic carbocycles. The smallest absolute Gasteiger partial charge is 0.268 e. The number of thioether (sulfide) groups is 1. The molecule has 0 fully saturated rings. The van der Waals surface area contributed by atoms with Crippen molar-refractivity contribution in [2.24, 2.45) is 0 Å². The van der Waals surface area contributed by atoms with Gasteiger partial charge in [0, 0.05) is 17.6 Å². The van der Waals surface area contributed by atoms with Gasteiger partial charge in [-0.2, -0.15) is 14.6 Å². The molecule has 0 atom stereocenters. The molecule has 1 N–H and O–H groups in total. The molecule has 3 aromatic rings. The lowest BCUT2D eigenvalue weighted by atomic mass is 10.1. The van der Waals surface area contributed by atoms with Crippen LogP contribution in [0.4, 0.5) is 5.13 Å². The SMILES string of the molecule is COc1cccc(OCCOc2ccc(/C=C(/C#N)C(=O)Nc3nc(SC)ns3)cc2)c1. The molecule has 3 rings (SSSR count). The first-order valence-electron chi connectivity index (χ1n) is 9.42. The first-order chi connectivity index (χ1) is 15.6. The van der Waals surface area contributed by atoms with E-state index in [2.05, 4.69) is 14.7 Å². The largest absolute Gasteiger partial charge is 0.497 e. The molecule has 164 valence electrons. The summed E-state index contributed by atoms with van der Waals surface area (Å²) in [4.78, 5) is 16.5. The van der Waals surface area contributed by atoms with Crippen molar-refractivity contribution in [1.29, 1.82) is 5.26 Å². The van der Waals surface area contributed by atoms with Crippen LogP contribution in [0.3, 0.4) is 0 Å². The molecule has 0 saturated heterocycles. The highest BCUT2D eigenvalue weighted by molar-refractivity contribution is 7.98. The van der Waals surface area contributed by atoms with Crippen LogP contribution in [0.2, 0.25) is 0 Å². The van der Waals surface area contributed by atoms with E-state index in [4.69, 9.17) is 14.2 Å². The Balaban J connectivity index is 1.51. The van der Waals surface area contributed by atoms with Crippen molar-refractivity contribution < 1.29 is 19.0 Å². The number of hydrogen-bond acceptors (Lipinski definition) is 9. The van der Waals surface area contributed by atoms with Gasteiger partial charge in [0.2, 0.25) is 10.3 Å². The Morgan fingerprint density at radius 2 is 1.88 bits per heavy atom. The van der Waals surface area contributed by atoms with Crippen LogP contribution in [0.1, 0.15) is 5.56 Å². The van der Waals surface area contributed by atoms with Crippen LogP contribution >= 0.6 is 23.3 Å². The van der Waals surface area contributed by atoms with Crippen LogP contribution < -0.4 is 19.5 Å². The predicted octanol–water partition coefficient (Wildman–Crippen LogP) is 4.27. The molecule has 1 heterocycles. The number of carbonyl (C=O) groups excluding carboxylic acids is 1. The van der Waals surface area contributed by atoms with E-state index in [1.165, 1.54) is 17.8 Å². The normalized spacial score (nSPS) is 10.8. The van der Waals surface area contributed by atoms with E-state index < -0.39 is 5.91 Å². The van der Waals surface area contributed by atoms with E-state index in [-0.39, 0.29) is 5.57 Å². The van der Waals surface area contributed by atoms with Gasteiger partial charge in [-0.25, -0.2) is 0 Å². The summed E-state index contributed by atoms with van der Waals surface area (Å²) in [6, 6.07) is 16.3. The standard InChI is InChI=1S/C22H20N4O4S2/c1-28-18-4-3-5-19(13-18)30-11-10-29-17-8-6-15(7-9-17)12-16(14-23)20(27)24-21-25-22(31-2)26-32-21/h3-9,12-13H,10-11H2,1-2H3,(H,24,25,26,27)/b16-12-. The summed E-state index contributed by atoms with van der Waals surface area (Å²) in [5.41, 5.74) is 0.657. The van der Waals surface area contributed by atoms with Gasteiger partial charge in [-0.3, -0.25) is 10.1 Å². The van der Waals surface area contributed by atoms with Gasteiger partial charge >= 0.3 is 0 Å². The third-order valence-corrected chi connectivity index (χ3v) is 5.32. The summed E-state index contributed by atoms with van der Waals surface area (Å²) in [6.07, 6.45) is 3.34. The number of anilines is 1. The number of nitrogens with zero attached hydrogens (tertiary/aromatic N) is 3. The maximum absolute atomic E-state index is 12.3. The summed E-state index contributed by atoms with van der Waals surface area (Å²) in [5.74, 6) is 1.54. The molecule has 0 aliphatic heterocycles. The van der Waals surface area contributed by atoms with Gasteiger partial charge in [-0.15, -0.1) is 0 Å². The Morgan fingerprint density at radius 3 is 2.53 bits per heavy atom. The van der Waals surface area contributed by atoms with Crippen LogP contribution in [0.15, 0.2) is 59.3 Å². The molecule has 10 heteroatoms. The van der Waals surface area contributed by atoms with Gasteiger partial charge < -0.3 is 14.2 Å². The van der Waals surface area contributed by atoms with Gasteiger partial charge in [0.1, 0.15) is 42.1 Å². The lowest BCUT2D eigenvalue weighted by molar-refractivity contribution is -0.112. The lowest BCUT2D eigenvalue weighted by Crippen LogP contribution is -2.13. The first-order valence-corrected chi connectivity index (χ1v) is 11.4. The van der Waals surface area contributed by atoms with E-state index in [0.29, 0.717) is 40.6 Å². The predicted molar refractivity (Wildman–Crippen MR) is 124 cm³/mol. The highest BCUT2D eigenvalue weighted by atomic mass is 32.2. The molecule has 8 nitrogen and oxygen atoms in total. The Labute approximate surface area is 194 Å². The quantitative estimate of drug-likeness (QED) is 0.203. The Hall–Kier alpha value is -3.55. The average molecular weight is 469 g/mol.